The van der Waals surface area contributed by atoms with Crippen molar-refractivity contribution in [3.05, 3.63) is 28.8 Å². The Morgan fingerprint density at radius 3 is 2.50 bits per heavy atom. The van der Waals surface area contributed by atoms with Gasteiger partial charge in [-0.3, -0.25) is 4.79 Å². The van der Waals surface area contributed by atoms with E-state index in [9.17, 15) is 13.2 Å². The highest BCUT2D eigenvalue weighted by molar-refractivity contribution is 8.13. The van der Waals surface area contributed by atoms with Crippen LogP contribution in [0, 0.1) is 0 Å². The number of benzene rings is 1. The molecule has 0 saturated heterocycles. The zero-order chi connectivity index (χ0) is 13.5. The quantitative estimate of drug-likeness (QED) is 0.806. The molecule has 0 radical (unpaired) electrons. The van der Waals surface area contributed by atoms with Gasteiger partial charge < -0.3 is 4.90 Å². The van der Waals surface area contributed by atoms with Crippen LogP contribution in [0.15, 0.2) is 23.1 Å². The molecule has 0 atom stereocenters. The largest absolute Gasteiger partial charge is 0.339 e. The molecule has 0 aromatic heterocycles. The smallest absolute Gasteiger partial charge is 0.262 e. The summed E-state index contributed by atoms with van der Waals surface area (Å²) < 4.78 is 22.9. The normalized spacial score (nSPS) is 15.5. The minimum absolute atomic E-state index is 0.0523. The maximum absolute atomic E-state index is 12.2. The van der Waals surface area contributed by atoms with Crippen LogP contribution in [0.3, 0.4) is 0 Å². The molecule has 1 fully saturated rings. The van der Waals surface area contributed by atoms with Crippen LogP contribution in [0.1, 0.15) is 23.2 Å². The zero-order valence-electron chi connectivity index (χ0n) is 9.56. The maximum Gasteiger partial charge on any atom is 0.262 e. The average Bonchev–Trinajstić information content (AvgIpc) is 3.09. The van der Waals surface area contributed by atoms with E-state index in [-0.39, 0.29) is 21.5 Å². The van der Waals surface area contributed by atoms with Gasteiger partial charge in [0.2, 0.25) is 0 Å². The van der Waals surface area contributed by atoms with Crippen molar-refractivity contribution < 1.29 is 13.2 Å². The van der Waals surface area contributed by atoms with Crippen LogP contribution in [0.4, 0.5) is 0 Å². The van der Waals surface area contributed by atoms with Crippen LogP contribution in [-0.2, 0) is 9.05 Å². The van der Waals surface area contributed by atoms with E-state index >= 15 is 0 Å². The standard InChI is InChI=1S/C11H11Cl2NO3S/c1-14(7-5-6-7)11(15)10-8(12)3-2-4-9(10)18(13,16)17/h2-4,7H,5-6H2,1H3. The molecular weight excluding hydrogens is 297 g/mol. The molecule has 2 rings (SSSR count). The van der Waals surface area contributed by atoms with Crippen LogP contribution in [0.25, 0.3) is 0 Å². The monoisotopic (exact) mass is 307 g/mol. The number of hydrogen-bond acceptors (Lipinski definition) is 3. The van der Waals surface area contributed by atoms with Gasteiger partial charge in [0.1, 0.15) is 0 Å². The average molecular weight is 308 g/mol. The molecule has 1 aliphatic rings. The van der Waals surface area contributed by atoms with E-state index < -0.39 is 15.0 Å². The zero-order valence-corrected chi connectivity index (χ0v) is 11.9. The van der Waals surface area contributed by atoms with E-state index in [1.807, 2.05) is 0 Å². The van der Waals surface area contributed by atoms with Crippen molar-refractivity contribution in [1.29, 1.82) is 0 Å². The summed E-state index contributed by atoms with van der Waals surface area (Å²) in [4.78, 5) is 13.5. The van der Waals surface area contributed by atoms with Crippen molar-refractivity contribution in [1.82, 2.24) is 4.90 Å². The topological polar surface area (TPSA) is 54.5 Å². The molecule has 18 heavy (non-hydrogen) atoms. The Kier molecular flexibility index (Phi) is 3.58. The van der Waals surface area contributed by atoms with E-state index in [2.05, 4.69) is 0 Å². The maximum atomic E-state index is 12.2. The Hall–Kier alpha value is -0.780. The molecule has 0 aliphatic heterocycles. The molecule has 0 heterocycles. The highest BCUT2D eigenvalue weighted by Gasteiger charge is 2.33. The molecule has 98 valence electrons. The third-order valence-electron chi connectivity index (χ3n) is 2.87. The molecule has 0 spiro atoms. The van der Waals surface area contributed by atoms with Gasteiger partial charge >= 0.3 is 0 Å². The lowest BCUT2D eigenvalue weighted by molar-refractivity contribution is 0.0781. The minimum atomic E-state index is -4.00. The predicted molar refractivity (Wildman–Crippen MR) is 69.6 cm³/mol. The van der Waals surface area contributed by atoms with Crippen LogP contribution < -0.4 is 0 Å². The number of carbonyl (C=O) groups excluding carboxylic acids is 1. The summed E-state index contributed by atoms with van der Waals surface area (Å²) in [6.45, 7) is 0. The molecule has 1 aromatic carbocycles. The van der Waals surface area contributed by atoms with Crippen molar-refractivity contribution in [2.75, 3.05) is 7.05 Å². The van der Waals surface area contributed by atoms with E-state index in [1.165, 1.54) is 23.1 Å². The molecule has 1 amide bonds. The SMILES string of the molecule is CN(C(=O)c1c(Cl)cccc1S(=O)(=O)Cl)C1CC1. The van der Waals surface area contributed by atoms with Crippen molar-refractivity contribution >= 4 is 37.2 Å². The summed E-state index contributed by atoms with van der Waals surface area (Å²) in [7, 11) is 2.96. The number of rotatable bonds is 3. The minimum Gasteiger partial charge on any atom is -0.339 e. The summed E-state index contributed by atoms with van der Waals surface area (Å²) >= 11 is 5.93. The number of nitrogens with zero attached hydrogens (tertiary/aromatic N) is 1. The summed E-state index contributed by atoms with van der Waals surface area (Å²) in [5, 5.41) is 0.0919. The first-order valence-corrected chi connectivity index (χ1v) is 8.01. The number of amides is 1. The lowest BCUT2D eigenvalue weighted by Gasteiger charge is -2.18. The molecule has 0 bridgehead atoms. The van der Waals surface area contributed by atoms with Gasteiger partial charge in [-0.1, -0.05) is 17.7 Å². The summed E-state index contributed by atoms with van der Waals surface area (Å²) in [6, 6.07) is 4.37. The van der Waals surface area contributed by atoms with Crippen LogP contribution in [-0.4, -0.2) is 32.3 Å². The van der Waals surface area contributed by atoms with Crippen molar-refractivity contribution in [2.45, 2.75) is 23.8 Å². The highest BCUT2D eigenvalue weighted by atomic mass is 35.7. The highest BCUT2D eigenvalue weighted by Crippen LogP contribution is 2.31. The molecule has 7 heteroatoms. The number of halogens is 2. The molecule has 1 aliphatic carbocycles. The van der Waals surface area contributed by atoms with Crippen molar-refractivity contribution in [2.24, 2.45) is 0 Å². The van der Waals surface area contributed by atoms with Crippen molar-refractivity contribution in [3.8, 4) is 0 Å². The first-order chi connectivity index (χ1) is 8.32. The molecular formula is C11H11Cl2NO3S. The van der Waals surface area contributed by atoms with E-state index in [0.717, 1.165) is 12.8 Å². The Balaban J connectivity index is 2.52. The molecule has 1 saturated carbocycles. The fourth-order valence-corrected chi connectivity index (χ4v) is 3.10. The van der Waals surface area contributed by atoms with Gasteiger partial charge in [0.05, 0.1) is 15.5 Å². The Bertz CT molecular complexity index is 596. The molecule has 0 N–H and O–H groups in total. The van der Waals surface area contributed by atoms with Crippen LogP contribution >= 0.6 is 22.3 Å². The van der Waals surface area contributed by atoms with Crippen molar-refractivity contribution in [3.63, 3.8) is 0 Å². The summed E-state index contributed by atoms with van der Waals surface area (Å²) in [5.74, 6) is -0.415. The van der Waals surface area contributed by atoms with Gasteiger partial charge in [-0.2, -0.15) is 0 Å². The molecule has 0 unspecified atom stereocenters. The Morgan fingerprint density at radius 2 is 2.00 bits per heavy atom. The van der Waals surface area contributed by atoms with Crippen LogP contribution in [0.5, 0.6) is 0 Å². The second-order valence-corrected chi connectivity index (χ2v) is 7.14. The number of hydrogen-bond donors (Lipinski definition) is 0. The fourth-order valence-electron chi connectivity index (χ4n) is 1.72. The summed E-state index contributed by atoms with van der Waals surface area (Å²) in [6.07, 6.45) is 1.85. The second kappa shape index (κ2) is 4.72. The predicted octanol–water partition coefficient (Wildman–Crippen LogP) is 2.50. The number of carbonyl (C=O) groups is 1. The van der Waals surface area contributed by atoms with Gasteiger partial charge in [-0.05, 0) is 25.0 Å². The van der Waals surface area contributed by atoms with E-state index in [1.54, 1.807) is 7.05 Å². The van der Waals surface area contributed by atoms with Gasteiger partial charge in [-0.15, -0.1) is 0 Å². The molecule has 1 aromatic rings. The van der Waals surface area contributed by atoms with E-state index in [4.69, 9.17) is 22.3 Å². The second-order valence-electron chi connectivity index (χ2n) is 4.20. The summed E-state index contributed by atoms with van der Waals surface area (Å²) in [5.41, 5.74) is -0.0523. The lowest BCUT2D eigenvalue weighted by atomic mass is 10.2. The lowest BCUT2D eigenvalue weighted by Crippen LogP contribution is -2.30. The fraction of sp³-hybridized carbons (Fsp3) is 0.364. The van der Waals surface area contributed by atoms with E-state index in [0.29, 0.717) is 0 Å². The van der Waals surface area contributed by atoms with Crippen LogP contribution in [0.2, 0.25) is 5.02 Å². The first-order valence-electron chi connectivity index (χ1n) is 5.32. The first kappa shape index (κ1) is 13.6. The third-order valence-corrected chi connectivity index (χ3v) is 4.55. The van der Waals surface area contributed by atoms with Gasteiger partial charge in [0, 0.05) is 23.8 Å². The Morgan fingerprint density at radius 1 is 1.39 bits per heavy atom. The third kappa shape index (κ3) is 2.63. The van der Waals surface area contributed by atoms with Gasteiger partial charge in [0.25, 0.3) is 15.0 Å². The van der Waals surface area contributed by atoms with Gasteiger partial charge in [-0.25, -0.2) is 8.42 Å². The van der Waals surface area contributed by atoms with Gasteiger partial charge in [0.15, 0.2) is 0 Å². The molecule has 4 nitrogen and oxygen atoms in total. The Labute approximate surface area is 115 Å².